The molecule has 7 heteroatoms. The van der Waals surface area contributed by atoms with Crippen molar-refractivity contribution in [1.82, 2.24) is 9.80 Å². The molecule has 3 amide bonds. The number of anilines is 1. The summed E-state index contributed by atoms with van der Waals surface area (Å²) in [4.78, 5) is 27.8. The molecule has 0 unspecified atom stereocenters. The fraction of sp³-hybridized carbons (Fsp3) is 0.500. The van der Waals surface area contributed by atoms with Gasteiger partial charge in [0.25, 0.3) is 0 Å². The Balaban J connectivity index is 1.88. The van der Waals surface area contributed by atoms with Crippen molar-refractivity contribution in [1.29, 1.82) is 5.26 Å². The summed E-state index contributed by atoms with van der Waals surface area (Å²) < 4.78 is 5.25. The Morgan fingerprint density at radius 2 is 1.96 bits per heavy atom. The normalized spacial score (nSPS) is 14.6. The third-order valence-corrected chi connectivity index (χ3v) is 3.82. The molecule has 0 bridgehead atoms. The number of hydrogen-bond donors (Lipinski definition) is 1. The summed E-state index contributed by atoms with van der Waals surface area (Å²) in [5, 5.41) is 11.7. The van der Waals surface area contributed by atoms with E-state index in [1.165, 1.54) is 0 Å². The summed E-state index contributed by atoms with van der Waals surface area (Å²) in [6.07, 6.45) is 0.375. The van der Waals surface area contributed by atoms with Crippen LogP contribution in [-0.4, -0.2) is 54.7 Å². The van der Waals surface area contributed by atoms with Crippen LogP contribution in [0.25, 0.3) is 0 Å². The van der Waals surface area contributed by atoms with E-state index in [9.17, 15) is 9.59 Å². The van der Waals surface area contributed by atoms with Crippen LogP contribution >= 0.6 is 0 Å². The summed E-state index contributed by atoms with van der Waals surface area (Å²) in [7, 11) is 0. The van der Waals surface area contributed by atoms with Crippen molar-refractivity contribution in [3.8, 4) is 6.07 Å². The van der Waals surface area contributed by atoms with Crippen LogP contribution in [-0.2, 0) is 4.74 Å². The average Bonchev–Trinajstić information content (AvgIpc) is 2.86. The van der Waals surface area contributed by atoms with E-state index in [0.717, 1.165) is 0 Å². The number of carbonyl (C=O) groups excluding carboxylic acids is 2. The lowest BCUT2D eigenvalue weighted by Gasteiger charge is -2.22. The summed E-state index contributed by atoms with van der Waals surface area (Å²) in [5.74, 6) is 0.294. The van der Waals surface area contributed by atoms with Crippen molar-refractivity contribution in [3.63, 3.8) is 0 Å². The number of ether oxygens (including phenoxy) is 1. The largest absolute Gasteiger partial charge is 0.449 e. The minimum Gasteiger partial charge on any atom is -0.449 e. The second kappa shape index (κ2) is 8.92. The number of nitrogens with one attached hydrogen (secondary N) is 1. The number of carbonyl (C=O) groups is 2. The molecule has 0 aliphatic carbocycles. The highest BCUT2D eigenvalue weighted by atomic mass is 16.6. The number of hydrogen-bond acceptors (Lipinski definition) is 4. The Kier molecular flexibility index (Phi) is 6.63. The molecule has 1 fully saturated rings. The summed E-state index contributed by atoms with van der Waals surface area (Å²) in [5.41, 5.74) is 1.08. The zero-order valence-electron chi connectivity index (χ0n) is 14.7. The van der Waals surface area contributed by atoms with Gasteiger partial charge in [0.15, 0.2) is 0 Å². The lowest BCUT2D eigenvalue weighted by molar-refractivity contribution is 0.0934. The van der Waals surface area contributed by atoms with E-state index >= 15 is 0 Å². The topological polar surface area (TPSA) is 85.7 Å². The predicted octanol–water partition coefficient (Wildman–Crippen LogP) is 2.89. The molecule has 0 aromatic heterocycles. The molecule has 0 radical (unpaired) electrons. The number of nitriles is 1. The van der Waals surface area contributed by atoms with Gasteiger partial charge < -0.3 is 19.9 Å². The van der Waals surface area contributed by atoms with E-state index in [-0.39, 0.29) is 12.1 Å². The van der Waals surface area contributed by atoms with Crippen molar-refractivity contribution in [2.24, 2.45) is 5.92 Å². The van der Waals surface area contributed by atoms with E-state index in [2.05, 4.69) is 5.32 Å². The molecule has 2 rings (SSSR count). The molecule has 1 aromatic carbocycles. The molecule has 0 atom stereocenters. The first kappa shape index (κ1) is 18.6. The van der Waals surface area contributed by atoms with Gasteiger partial charge in [0.2, 0.25) is 0 Å². The molecule has 134 valence electrons. The van der Waals surface area contributed by atoms with Crippen LogP contribution in [0.15, 0.2) is 24.3 Å². The molecule has 0 saturated carbocycles. The van der Waals surface area contributed by atoms with E-state index in [4.69, 9.17) is 10.00 Å². The standard InChI is InChI=1S/C18H24N4O3/c1-14(2)13-25-18(24)22-8-4-7-21(9-10-22)17(23)20-16-6-3-5-15(11-16)12-19/h3,5-6,11,14H,4,7-10,13H2,1-2H3,(H,20,23). The highest BCUT2D eigenvalue weighted by Crippen LogP contribution is 2.12. The smallest absolute Gasteiger partial charge is 0.409 e. The van der Waals surface area contributed by atoms with Crippen molar-refractivity contribution in [2.75, 3.05) is 38.1 Å². The van der Waals surface area contributed by atoms with Gasteiger partial charge in [0, 0.05) is 31.9 Å². The van der Waals surface area contributed by atoms with Crippen molar-refractivity contribution in [2.45, 2.75) is 20.3 Å². The van der Waals surface area contributed by atoms with Gasteiger partial charge >= 0.3 is 12.1 Å². The number of amides is 3. The fourth-order valence-electron chi connectivity index (χ4n) is 2.50. The molecule has 1 heterocycles. The number of nitrogens with zero attached hydrogens (tertiary/aromatic N) is 3. The van der Waals surface area contributed by atoms with Gasteiger partial charge in [0.05, 0.1) is 18.2 Å². The molecule has 0 spiro atoms. The van der Waals surface area contributed by atoms with Crippen LogP contribution < -0.4 is 5.32 Å². The first-order valence-corrected chi connectivity index (χ1v) is 8.47. The van der Waals surface area contributed by atoms with Gasteiger partial charge in [-0.1, -0.05) is 19.9 Å². The first-order valence-electron chi connectivity index (χ1n) is 8.47. The van der Waals surface area contributed by atoms with Crippen LogP contribution in [0.2, 0.25) is 0 Å². The monoisotopic (exact) mass is 344 g/mol. The second-order valence-electron chi connectivity index (χ2n) is 6.42. The zero-order chi connectivity index (χ0) is 18.2. The van der Waals surface area contributed by atoms with Crippen LogP contribution in [0.5, 0.6) is 0 Å². The maximum atomic E-state index is 12.4. The number of rotatable bonds is 3. The van der Waals surface area contributed by atoms with E-state index in [1.54, 1.807) is 34.1 Å². The molecule has 1 saturated heterocycles. The van der Waals surface area contributed by atoms with Gasteiger partial charge in [0.1, 0.15) is 0 Å². The highest BCUT2D eigenvalue weighted by Gasteiger charge is 2.23. The zero-order valence-corrected chi connectivity index (χ0v) is 14.7. The minimum atomic E-state index is -0.322. The molecule has 7 nitrogen and oxygen atoms in total. The van der Waals surface area contributed by atoms with Gasteiger partial charge in [-0.05, 0) is 30.5 Å². The molecular weight excluding hydrogens is 320 g/mol. The third-order valence-electron chi connectivity index (χ3n) is 3.82. The van der Waals surface area contributed by atoms with Crippen LogP contribution in [0.1, 0.15) is 25.8 Å². The van der Waals surface area contributed by atoms with E-state index < -0.39 is 0 Å². The van der Waals surface area contributed by atoms with Gasteiger partial charge in [-0.3, -0.25) is 0 Å². The quantitative estimate of drug-likeness (QED) is 0.913. The lowest BCUT2D eigenvalue weighted by Crippen LogP contribution is -2.39. The Bertz CT molecular complexity index is 654. The molecule has 1 aliphatic rings. The Morgan fingerprint density at radius 1 is 1.24 bits per heavy atom. The SMILES string of the molecule is CC(C)COC(=O)N1CCCN(C(=O)Nc2cccc(C#N)c2)CC1. The summed E-state index contributed by atoms with van der Waals surface area (Å²) in [6, 6.07) is 8.60. The van der Waals surface area contributed by atoms with Crippen LogP contribution in [0.3, 0.4) is 0 Å². The van der Waals surface area contributed by atoms with E-state index in [0.29, 0.717) is 56.4 Å². The minimum absolute atomic E-state index is 0.229. The second-order valence-corrected chi connectivity index (χ2v) is 6.42. The molecule has 25 heavy (non-hydrogen) atoms. The molecule has 1 N–H and O–H groups in total. The molecular formula is C18H24N4O3. The van der Waals surface area contributed by atoms with Crippen molar-refractivity contribution in [3.05, 3.63) is 29.8 Å². The fourth-order valence-corrected chi connectivity index (χ4v) is 2.50. The highest BCUT2D eigenvalue weighted by molar-refractivity contribution is 5.89. The van der Waals surface area contributed by atoms with Crippen LogP contribution in [0, 0.1) is 17.2 Å². The first-order chi connectivity index (χ1) is 12.0. The van der Waals surface area contributed by atoms with Crippen molar-refractivity contribution >= 4 is 17.8 Å². The predicted molar refractivity (Wildman–Crippen MR) is 94.1 cm³/mol. The van der Waals surface area contributed by atoms with Gasteiger partial charge in [-0.25, -0.2) is 9.59 Å². The van der Waals surface area contributed by atoms with Gasteiger partial charge in [-0.15, -0.1) is 0 Å². The Labute approximate surface area is 148 Å². The summed E-state index contributed by atoms with van der Waals surface area (Å²) in [6.45, 7) is 6.41. The lowest BCUT2D eigenvalue weighted by atomic mass is 10.2. The van der Waals surface area contributed by atoms with E-state index in [1.807, 2.05) is 19.9 Å². The molecule has 1 aliphatic heterocycles. The van der Waals surface area contributed by atoms with Crippen molar-refractivity contribution < 1.29 is 14.3 Å². The maximum absolute atomic E-state index is 12.4. The average molecular weight is 344 g/mol. The Morgan fingerprint density at radius 3 is 2.68 bits per heavy atom. The van der Waals surface area contributed by atoms with Crippen LogP contribution in [0.4, 0.5) is 15.3 Å². The number of benzene rings is 1. The van der Waals surface area contributed by atoms with Gasteiger partial charge in [-0.2, -0.15) is 5.26 Å². The maximum Gasteiger partial charge on any atom is 0.409 e. The Hall–Kier alpha value is -2.75. The number of urea groups is 1. The third kappa shape index (κ3) is 5.68. The summed E-state index contributed by atoms with van der Waals surface area (Å²) >= 11 is 0. The molecule has 1 aromatic rings.